The third-order valence-corrected chi connectivity index (χ3v) is 5.50. The third-order valence-electron chi connectivity index (χ3n) is 4.48. The SMILES string of the molecule is Cl.FC(F)(F)c1ncc(CN2CCC(C3CCCN3)CC2)s1. The molecule has 2 aliphatic heterocycles. The van der Waals surface area contributed by atoms with Gasteiger partial charge in [-0.2, -0.15) is 13.2 Å². The topological polar surface area (TPSA) is 28.2 Å². The molecule has 0 amide bonds. The van der Waals surface area contributed by atoms with Crippen molar-refractivity contribution in [1.82, 2.24) is 15.2 Å². The van der Waals surface area contributed by atoms with Gasteiger partial charge in [0.05, 0.1) is 0 Å². The molecular formula is C14H21ClF3N3S. The van der Waals surface area contributed by atoms with Crippen LogP contribution < -0.4 is 5.32 Å². The molecule has 2 saturated heterocycles. The van der Waals surface area contributed by atoms with Crippen molar-refractivity contribution >= 4 is 23.7 Å². The van der Waals surface area contributed by atoms with Crippen LogP contribution in [0, 0.1) is 5.92 Å². The van der Waals surface area contributed by atoms with E-state index in [0.29, 0.717) is 17.5 Å². The number of alkyl halides is 3. The number of aromatic nitrogens is 1. The molecule has 1 unspecified atom stereocenters. The zero-order valence-electron chi connectivity index (χ0n) is 12.2. The van der Waals surface area contributed by atoms with Gasteiger partial charge in [-0.15, -0.1) is 23.7 Å². The maximum atomic E-state index is 12.5. The summed E-state index contributed by atoms with van der Waals surface area (Å²) in [5.41, 5.74) is 0. The molecule has 1 atom stereocenters. The second kappa shape index (κ2) is 7.47. The van der Waals surface area contributed by atoms with E-state index in [2.05, 4.69) is 15.2 Å². The molecule has 0 spiro atoms. The molecule has 8 heteroatoms. The monoisotopic (exact) mass is 355 g/mol. The zero-order chi connectivity index (χ0) is 14.9. The lowest BCUT2D eigenvalue weighted by Gasteiger charge is -2.34. The lowest BCUT2D eigenvalue weighted by atomic mass is 9.88. The molecule has 3 rings (SSSR count). The minimum absolute atomic E-state index is 0. The molecule has 22 heavy (non-hydrogen) atoms. The van der Waals surface area contributed by atoms with Crippen molar-refractivity contribution in [3.63, 3.8) is 0 Å². The van der Waals surface area contributed by atoms with Crippen molar-refractivity contribution in [2.45, 2.75) is 44.4 Å². The van der Waals surface area contributed by atoms with Crippen LogP contribution in [0.25, 0.3) is 0 Å². The van der Waals surface area contributed by atoms with Gasteiger partial charge in [-0.05, 0) is 51.2 Å². The maximum Gasteiger partial charge on any atom is 0.443 e. The van der Waals surface area contributed by atoms with Crippen molar-refractivity contribution < 1.29 is 13.2 Å². The van der Waals surface area contributed by atoms with Gasteiger partial charge in [0.2, 0.25) is 0 Å². The predicted molar refractivity (Wildman–Crippen MR) is 83.4 cm³/mol. The first kappa shape index (κ1) is 18.0. The average Bonchev–Trinajstić information content (AvgIpc) is 3.09. The summed E-state index contributed by atoms with van der Waals surface area (Å²) in [5, 5.41) is 2.83. The van der Waals surface area contributed by atoms with Crippen molar-refractivity contribution in [2.24, 2.45) is 5.92 Å². The standard InChI is InChI=1S/C14H20F3N3S.ClH/c15-14(16,17)13-19-8-11(21-13)9-20-6-3-10(4-7-20)12-2-1-5-18-12;/h8,10,12,18H,1-7,9H2;1H. The van der Waals surface area contributed by atoms with Gasteiger partial charge in [-0.1, -0.05) is 0 Å². The van der Waals surface area contributed by atoms with Crippen LogP contribution in [-0.4, -0.2) is 35.6 Å². The van der Waals surface area contributed by atoms with Crippen LogP contribution in [-0.2, 0) is 12.7 Å². The van der Waals surface area contributed by atoms with E-state index in [1.165, 1.54) is 19.0 Å². The Bertz CT molecular complexity index is 466. The van der Waals surface area contributed by atoms with E-state index in [1.54, 1.807) is 0 Å². The Labute approximate surface area is 138 Å². The number of rotatable bonds is 3. The fourth-order valence-electron chi connectivity index (χ4n) is 3.36. The first-order chi connectivity index (χ1) is 10.0. The van der Waals surface area contributed by atoms with Gasteiger partial charge >= 0.3 is 6.18 Å². The Balaban J connectivity index is 0.00000176. The number of likely N-dealkylation sites (tertiary alicyclic amines) is 1. The highest BCUT2D eigenvalue weighted by molar-refractivity contribution is 7.11. The van der Waals surface area contributed by atoms with Gasteiger partial charge in [0, 0.05) is 23.7 Å². The normalized spacial score (nSPS) is 24.4. The first-order valence-corrected chi connectivity index (χ1v) is 8.31. The Morgan fingerprint density at radius 2 is 2.00 bits per heavy atom. The molecule has 0 aliphatic carbocycles. The van der Waals surface area contributed by atoms with E-state index >= 15 is 0 Å². The molecule has 3 heterocycles. The van der Waals surface area contributed by atoms with Crippen LogP contribution in [0.15, 0.2) is 6.20 Å². The second-order valence-corrected chi connectivity index (χ2v) is 7.06. The van der Waals surface area contributed by atoms with Crippen LogP contribution in [0.4, 0.5) is 13.2 Å². The molecule has 1 aromatic heterocycles. The number of thiazole rings is 1. The highest BCUT2D eigenvalue weighted by atomic mass is 35.5. The summed E-state index contributed by atoms with van der Waals surface area (Å²) in [6.07, 6.45) is 1.88. The zero-order valence-corrected chi connectivity index (χ0v) is 13.9. The van der Waals surface area contributed by atoms with Gasteiger partial charge in [-0.3, -0.25) is 4.90 Å². The largest absolute Gasteiger partial charge is 0.443 e. The van der Waals surface area contributed by atoms with Gasteiger partial charge in [0.25, 0.3) is 0 Å². The number of nitrogens with one attached hydrogen (secondary N) is 1. The predicted octanol–water partition coefficient (Wildman–Crippen LogP) is 3.55. The molecule has 126 valence electrons. The molecule has 1 N–H and O–H groups in total. The van der Waals surface area contributed by atoms with Crippen molar-refractivity contribution in [2.75, 3.05) is 19.6 Å². The summed E-state index contributed by atoms with van der Waals surface area (Å²) in [4.78, 5) is 6.45. The van der Waals surface area contributed by atoms with Gasteiger partial charge in [0.1, 0.15) is 0 Å². The summed E-state index contributed by atoms with van der Waals surface area (Å²) in [5.74, 6) is 0.732. The van der Waals surface area contributed by atoms with Gasteiger partial charge in [0.15, 0.2) is 5.01 Å². The fourth-order valence-corrected chi connectivity index (χ4v) is 4.18. The molecule has 2 aliphatic rings. The van der Waals surface area contributed by atoms with E-state index in [9.17, 15) is 13.2 Å². The first-order valence-electron chi connectivity index (χ1n) is 7.50. The Kier molecular flexibility index (Phi) is 6.10. The molecule has 2 fully saturated rings. The molecule has 3 nitrogen and oxygen atoms in total. The number of halogens is 4. The smallest absolute Gasteiger partial charge is 0.314 e. The van der Waals surface area contributed by atoms with Crippen molar-refractivity contribution in [3.8, 4) is 0 Å². The summed E-state index contributed by atoms with van der Waals surface area (Å²) in [6, 6.07) is 0.660. The summed E-state index contributed by atoms with van der Waals surface area (Å²) in [6.45, 7) is 3.68. The number of hydrogen-bond donors (Lipinski definition) is 1. The lowest BCUT2D eigenvalue weighted by molar-refractivity contribution is -0.137. The molecule has 0 aromatic carbocycles. The highest BCUT2D eigenvalue weighted by Crippen LogP contribution is 2.33. The Hall–Kier alpha value is -0.370. The highest BCUT2D eigenvalue weighted by Gasteiger charge is 2.35. The minimum atomic E-state index is -4.32. The number of nitrogens with zero attached hydrogens (tertiary/aromatic N) is 2. The number of piperidine rings is 1. The van der Waals surface area contributed by atoms with E-state index in [1.807, 2.05) is 0 Å². The summed E-state index contributed by atoms with van der Waals surface area (Å²) >= 11 is 0.769. The van der Waals surface area contributed by atoms with E-state index in [0.717, 1.165) is 49.7 Å². The van der Waals surface area contributed by atoms with Crippen LogP contribution >= 0.6 is 23.7 Å². The van der Waals surface area contributed by atoms with Crippen LogP contribution in [0.3, 0.4) is 0 Å². The Morgan fingerprint density at radius 1 is 1.27 bits per heavy atom. The molecule has 0 radical (unpaired) electrons. The Morgan fingerprint density at radius 3 is 2.55 bits per heavy atom. The molecule has 0 bridgehead atoms. The lowest BCUT2D eigenvalue weighted by Crippen LogP contribution is -2.40. The minimum Gasteiger partial charge on any atom is -0.314 e. The van der Waals surface area contributed by atoms with Crippen molar-refractivity contribution in [3.05, 3.63) is 16.1 Å². The maximum absolute atomic E-state index is 12.5. The fraction of sp³-hybridized carbons (Fsp3) is 0.786. The van der Waals surface area contributed by atoms with Crippen LogP contribution in [0.2, 0.25) is 0 Å². The van der Waals surface area contributed by atoms with Crippen LogP contribution in [0.5, 0.6) is 0 Å². The van der Waals surface area contributed by atoms with E-state index < -0.39 is 11.2 Å². The van der Waals surface area contributed by atoms with E-state index in [4.69, 9.17) is 0 Å². The van der Waals surface area contributed by atoms with Crippen LogP contribution in [0.1, 0.15) is 35.6 Å². The van der Waals surface area contributed by atoms with Crippen molar-refractivity contribution in [1.29, 1.82) is 0 Å². The summed E-state index contributed by atoms with van der Waals surface area (Å²) < 4.78 is 37.6. The summed E-state index contributed by atoms with van der Waals surface area (Å²) in [7, 11) is 0. The second-order valence-electron chi connectivity index (χ2n) is 5.95. The number of hydrogen-bond acceptors (Lipinski definition) is 4. The quantitative estimate of drug-likeness (QED) is 0.898. The molecule has 0 saturated carbocycles. The van der Waals surface area contributed by atoms with E-state index in [-0.39, 0.29) is 12.4 Å². The molecular weight excluding hydrogens is 335 g/mol. The molecule has 1 aromatic rings. The van der Waals surface area contributed by atoms with Gasteiger partial charge in [-0.25, -0.2) is 4.98 Å². The third kappa shape index (κ3) is 4.34. The van der Waals surface area contributed by atoms with Gasteiger partial charge < -0.3 is 5.32 Å². The average molecular weight is 356 g/mol.